The van der Waals surface area contributed by atoms with Crippen LogP contribution in [-0.4, -0.2) is 82.3 Å². The third kappa shape index (κ3) is 7.37. The Morgan fingerprint density at radius 2 is 1.57 bits per heavy atom. The second kappa shape index (κ2) is 13.0. The van der Waals surface area contributed by atoms with Crippen LogP contribution in [0.4, 0.5) is 4.79 Å². The standard InChI is InChI=1S/C32H51N5O7/c1-7-11-20(24(38)28(41)33-18-14-15-18)34-27(40)23-21-19(32(21,5)6)16-37(23)29(42)25(31(2,3)4)36-26(39)22(35-30(43)44)17-12-9-8-10-13-17/h17-23,25,35H,7-16H2,1-6H3,(H,33,41)(H,34,40)(H,36,39)(H,43,44)/t19-,20-,21-,22-,23-,25+/m0/s1. The van der Waals surface area contributed by atoms with Gasteiger partial charge in [0.1, 0.15) is 18.1 Å². The number of likely N-dealkylation sites (tertiary alicyclic amines) is 1. The molecular weight excluding hydrogens is 566 g/mol. The minimum Gasteiger partial charge on any atom is -0.465 e. The molecule has 3 aliphatic carbocycles. The Bertz CT molecular complexity index is 1150. The summed E-state index contributed by atoms with van der Waals surface area (Å²) in [6.07, 6.45) is 5.52. The van der Waals surface area contributed by atoms with Gasteiger partial charge in [0.15, 0.2) is 0 Å². The van der Waals surface area contributed by atoms with E-state index < -0.39 is 65.1 Å². The van der Waals surface area contributed by atoms with Crippen molar-refractivity contribution in [3.63, 3.8) is 0 Å². The fourth-order valence-corrected chi connectivity index (χ4v) is 7.31. The smallest absolute Gasteiger partial charge is 0.405 e. The van der Waals surface area contributed by atoms with Crippen LogP contribution in [0.25, 0.3) is 0 Å². The molecule has 0 aromatic heterocycles. The van der Waals surface area contributed by atoms with Crippen molar-refractivity contribution in [2.75, 3.05) is 6.54 Å². The number of piperidine rings is 1. The van der Waals surface area contributed by atoms with Gasteiger partial charge in [0.05, 0.1) is 6.04 Å². The third-order valence-corrected chi connectivity index (χ3v) is 10.2. The summed E-state index contributed by atoms with van der Waals surface area (Å²) in [4.78, 5) is 80.5. The highest BCUT2D eigenvalue weighted by Gasteiger charge is 2.70. The van der Waals surface area contributed by atoms with Crippen molar-refractivity contribution >= 4 is 35.5 Å². The number of rotatable bonds is 12. The summed E-state index contributed by atoms with van der Waals surface area (Å²) in [5.41, 5.74) is -0.942. The lowest BCUT2D eigenvalue weighted by Crippen LogP contribution is -2.62. The molecule has 5 amide bonds. The van der Waals surface area contributed by atoms with Gasteiger partial charge in [-0.2, -0.15) is 0 Å². The summed E-state index contributed by atoms with van der Waals surface area (Å²) in [7, 11) is 0. The first-order chi connectivity index (χ1) is 20.6. The average molecular weight is 618 g/mol. The predicted octanol–water partition coefficient (Wildman–Crippen LogP) is 2.35. The molecule has 12 nitrogen and oxygen atoms in total. The molecule has 1 heterocycles. The number of nitrogens with zero attached hydrogens (tertiary/aromatic N) is 1. The van der Waals surface area contributed by atoms with Crippen LogP contribution in [0.15, 0.2) is 0 Å². The van der Waals surface area contributed by atoms with Crippen molar-refractivity contribution in [3.8, 4) is 0 Å². The minimum absolute atomic E-state index is 0.00773. The van der Waals surface area contributed by atoms with Crippen molar-refractivity contribution in [3.05, 3.63) is 0 Å². The van der Waals surface area contributed by atoms with Gasteiger partial charge in [-0.15, -0.1) is 0 Å². The molecule has 0 aromatic carbocycles. The number of carboxylic acid groups (broad SMARTS) is 1. The number of carbonyl (C=O) groups excluding carboxylic acids is 5. The Morgan fingerprint density at radius 3 is 2.11 bits per heavy atom. The Labute approximate surface area is 260 Å². The van der Waals surface area contributed by atoms with Gasteiger partial charge in [0.2, 0.25) is 23.5 Å². The molecule has 12 heteroatoms. The van der Waals surface area contributed by atoms with Crippen molar-refractivity contribution in [2.45, 2.75) is 130 Å². The second-order valence-corrected chi connectivity index (χ2v) is 15.0. The Hall–Kier alpha value is -3.18. The quantitative estimate of drug-likeness (QED) is 0.209. The molecule has 4 rings (SSSR count). The molecule has 0 radical (unpaired) electrons. The van der Waals surface area contributed by atoms with Gasteiger partial charge in [-0.25, -0.2) is 4.79 Å². The summed E-state index contributed by atoms with van der Waals surface area (Å²) in [5, 5.41) is 20.3. The van der Waals surface area contributed by atoms with E-state index in [-0.39, 0.29) is 29.2 Å². The van der Waals surface area contributed by atoms with E-state index in [1.54, 1.807) is 0 Å². The molecule has 1 saturated heterocycles. The molecule has 5 N–H and O–H groups in total. The van der Waals surface area contributed by atoms with Crippen LogP contribution in [-0.2, 0) is 24.0 Å². The first-order valence-corrected chi connectivity index (χ1v) is 16.3. The first-order valence-electron chi connectivity index (χ1n) is 16.3. The number of hydrogen-bond acceptors (Lipinski definition) is 6. The lowest BCUT2D eigenvalue weighted by Gasteiger charge is -2.39. The molecule has 0 aromatic rings. The van der Waals surface area contributed by atoms with Gasteiger partial charge < -0.3 is 31.3 Å². The molecule has 3 saturated carbocycles. The molecule has 4 fully saturated rings. The van der Waals surface area contributed by atoms with E-state index in [9.17, 15) is 33.9 Å². The number of carbonyl (C=O) groups is 6. The van der Waals surface area contributed by atoms with Crippen LogP contribution in [0.3, 0.4) is 0 Å². The number of hydrogen-bond donors (Lipinski definition) is 5. The van der Waals surface area contributed by atoms with Crippen molar-refractivity contribution in [1.82, 2.24) is 26.2 Å². The van der Waals surface area contributed by atoms with Crippen LogP contribution in [0.5, 0.6) is 0 Å². The van der Waals surface area contributed by atoms with Gasteiger partial charge in [-0.05, 0) is 60.7 Å². The number of fused-ring (bicyclic) bond motifs is 1. The summed E-state index contributed by atoms with van der Waals surface area (Å²) >= 11 is 0. The lowest BCUT2D eigenvalue weighted by molar-refractivity contribution is -0.147. The average Bonchev–Trinajstić information content (AvgIpc) is 3.80. The zero-order chi connectivity index (χ0) is 32.6. The highest BCUT2D eigenvalue weighted by molar-refractivity contribution is 6.38. The predicted molar refractivity (Wildman–Crippen MR) is 162 cm³/mol. The Kier molecular flexibility index (Phi) is 9.99. The Balaban J connectivity index is 1.54. The van der Waals surface area contributed by atoms with E-state index in [2.05, 4.69) is 35.1 Å². The molecule has 246 valence electrons. The van der Waals surface area contributed by atoms with Gasteiger partial charge in [-0.3, -0.25) is 24.0 Å². The molecule has 0 spiro atoms. The monoisotopic (exact) mass is 617 g/mol. The normalized spacial score (nSPS) is 26.4. The first kappa shape index (κ1) is 33.7. The zero-order valence-electron chi connectivity index (χ0n) is 27.0. The van der Waals surface area contributed by atoms with E-state index in [0.717, 1.165) is 44.9 Å². The van der Waals surface area contributed by atoms with Gasteiger partial charge in [0, 0.05) is 12.6 Å². The fraction of sp³-hybridized carbons (Fsp3) is 0.812. The second-order valence-electron chi connectivity index (χ2n) is 15.0. The number of amides is 5. The van der Waals surface area contributed by atoms with Crippen LogP contribution in [0, 0.1) is 28.6 Å². The van der Waals surface area contributed by atoms with Crippen LogP contribution < -0.4 is 21.3 Å². The minimum atomic E-state index is -1.30. The van der Waals surface area contributed by atoms with Crippen molar-refractivity contribution < 1.29 is 33.9 Å². The third-order valence-electron chi connectivity index (χ3n) is 10.2. The molecule has 4 aliphatic rings. The topological polar surface area (TPSA) is 174 Å². The van der Waals surface area contributed by atoms with Gasteiger partial charge in [-0.1, -0.05) is 67.2 Å². The molecule has 0 bridgehead atoms. The van der Waals surface area contributed by atoms with E-state index in [1.807, 2.05) is 27.7 Å². The number of Topliss-reactive ketones (excluding diaryl/α,β-unsaturated/α-hetero) is 1. The molecular formula is C32H51N5O7. The van der Waals surface area contributed by atoms with Crippen LogP contribution in [0.2, 0.25) is 0 Å². The zero-order valence-corrected chi connectivity index (χ0v) is 27.0. The maximum absolute atomic E-state index is 14.3. The van der Waals surface area contributed by atoms with E-state index in [4.69, 9.17) is 0 Å². The van der Waals surface area contributed by atoms with E-state index >= 15 is 0 Å². The molecule has 44 heavy (non-hydrogen) atoms. The summed E-state index contributed by atoms with van der Waals surface area (Å²) in [6, 6.07) is -3.87. The fourth-order valence-electron chi connectivity index (χ4n) is 7.31. The summed E-state index contributed by atoms with van der Waals surface area (Å²) < 4.78 is 0. The SMILES string of the molecule is CCC[C@H](NC(=O)[C@@H]1[C@@H]2[C@H](CN1C(=O)[C@@H](NC(=O)[C@@H](NC(=O)O)C1CCCCC1)C(C)(C)C)C2(C)C)C(=O)C(=O)NC1CC1. The van der Waals surface area contributed by atoms with Crippen molar-refractivity contribution in [2.24, 2.45) is 28.6 Å². The molecule has 6 atom stereocenters. The van der Waals surface area contributed by atoms with Crippen molar-refractivity contribution in [1.29, 1.82) is 0 Å². The highest BCUT2D eigenvalue weighted by Crippen LogP contribution is 2.65. The number of ketones is 1. The summed E-state index contributed by atoms with van der Waals surface area (Å²) in [6.45, 7) is 11.8. The molecule has 1 aliphatic heterocycles. The lowest BCUT2D eigenvalue weighted by atomic mass is 9.82. The molecule has 0 unspecified atom stereocenters. The Morgan fingerprint density at radius 1 is 0.932 bits per heavy atom. The van der Waals surface area contributed by atoms with E-state index in [1.165, 1.54) is 4.90 Å². The highest BCUT2D eigenvalue weighted by atomic mass is 16.4. The summed E-state index contributed by atoms with van der Waals surface area (Å²) in [5.74, 6) is -3.06. The van der Waals surface area contributed by atoms with E-state index in [0.29, 0.717) is 19.4 Å². The van der Waals surface area contributed by atoms with Gasteiger partial charge >= 0.3 is 6.09 Å². The maximum Gasteiger partial charge on any atom is 0.405 e. The number of nitrogens with one attached hydrogen (secondary N) is 4. The van der Waals surface area contributed by atoms with Crippen LogP contribution >= 0.6 is 0 Å². The maximum atomic E-state index is 14.3. The van der Waals surface area contributed by atoms with Gasteiger partial charge in [0.25, 0.3) is 5.91 Å². The van der Waals surface area contributed by atoms with Crippen LogP contribution in [0.1, 0.15) is 99.3 Å². The largest absolute Gasteiger partial charge is 0.465 e.